The highest BCUT2D eigenvalue weighted by atomic mass is 19.0. The van der Waals surface area contributed by atoms with E-state index in [0.29, 0.717) is 5.54 Å². The van der Waals surface area contributed by atoms with Crippen molar-refractivity contribution >= 4 is 0 Å². The summed E-state index contributed by atoms with van der Waals surface area (Å²) < 4.78 is 6.47. The number of ether oxygens (including phenoxy) is 1. The van der Waals surface area contributed by atoms with Gasteiger partial charge >= 0.3 is 0 Å². The average Bonchev–Trinajstić information content (AvgIpc) is 2.36. The molecule has 1 saturated heterocycles. The topological polar surface area (TPSA) is 9.23 Å². The molecule has 0 saturated carbocycles. The molecule has 0 spiro atoms. The molecule has 15 heavy (non-hydrogen) atoms. The fourth-order valence-corrected chi connectivity index (χ4v) is 2.18. The monoisotopic (exact) mass is 232 g/mol. The Morgan fingerprint density at radius 2 is 1.40 bits per heavy atom. The summed E-state index contributed by atoms with van der Waals surface area (Å²) in [7, 11) is 1.81. The van der Waals surface area contributed by atoms with Crippen LogP contribution in [0, 0.1) is 0 Å². The second kappa shape index (κ2) is 7.06. The van der Waals surface area contributed by atoms with Gasteiger partial charge in [0.25, 0.3) is 0 Å². The minimum absolute atomic E-state index is 0. The van der Waals surface area contributed by atoms with Crippen LogP contribution in [0.25, 0.3) is 0 Å². The summed E-state index contributed by atoms with van der Waals surface area (Å²) >= 11 is 0. The van der Waals surface area contributed by atoms with Gasteiger partial charge in [-0.15, -0.1) is 0 Å². The van der Waals surface area contributed by atoms with Crippen molar-refractivity contribution in [2.45, 2.75) is 39.2 Å². The van der Waals surface area contributed by atoms with Gasteiger partial charge < -0.3 is 4.74 Å². The number of nitrogens with zero attached hydrogens (tertiary/aromatic N) is 1. The van der Waals surface area contributed by atoms with Crippen molar-refractivity contribution in [3.8, 4) is 0 Å². The van der Waals surface area contributed by atoms with E-state index in [1.807, 2.05) is 7.11 Å². The van der Waals surface area contributed by atoms with Crippen molar-refractivity contribution in [3.63, 3.8) is 0 Å². The van der Waals surface area contributed by atoms with E-state index in [9.17, 15) is 0 Å². The summed E-state index contributed by atoms with van der Waals surface area (Å²) in [6.07, 6.45) is 2.72. The number of quaternary nitrogens is 1. The van der Waals surface area contributed by atoms with E-state index in [1.165, 1.54) is 25.9 Å². The van der Waals surface area contributed by atoms with E-state index >= 15 is 0 Å². The highest BCUT2D eigenvalue weighted by Crippen LogP contribution is 2.30. The molecule has 96 valence electrons. The molecule has 1 fully saturated rings. The molecule has 5 heteroatoms. The van der Waals surface area contributed by atoms with Gasteiger partial charge in [0, 0.05) is 20.0 Å². The van der Waals surface area contributed by atoms with E-state index in [2.05, 4.69) is 20.8 Å². The number of halogens is 3. The molecular weight excluding hydrogens is 207 g/mol. The molecule has 1 rings (SSSR count). The van der Waals surface area contributed by atoms with Crippen molar-refractivity contribution in [3.05, 3.63) is 0 Å². The Labute approximate surface area is 90.3 Å². The highest BCUT2D eigenvalue weighted by Gasteiger charge is 2.42. The van der Waals surface area contributed by atoms with E-state index in [4.69, 9.17) is 4.74 Å². The van der Waals surface area contributed by atoms with Crippen LogP contribution < -0.4 is 0 Å². The molecule has 0 radical (unpaired) electrons. The normalized spacial score (nSPS) is 18.4. The molecule has 0 unspecified atom stereocenters. The van der Waals surface area contributed by atoms with Crippen molar-refractivity contribution in [1.82, 2.24) is 0 Å². The largest absolute Gasteiger partial charge is 0.335 e. The van der Waals surface area contributed by atoms with Crippen LogP contribution in [0.3, 0.4) is 0 Å². The van der Waals surface area contributed by atoms with Crippen molar-refractivity contribution in [2.24, 2.45) is 0 Å². The molecule has 0 amide bonds. The summed E-state index contributed by atoms with van der Waals surface area (Å²) in [4.78, 5) is 0. The third-order valence-corrected chi connectivity index (χ3v) is 3.22. The SMILES string of the molecule is COC[N+]1(C(C)(C)C)CCCC1.F.F.F. The Morgan fingerprint density at radius 3 is 1.67 bits per heavy atom. The standard InChI is InChI=1S/C10H22NO.3FH/c1-10(2,3)11(9-12-4)7-5-6-8-11;;;/h5-9H2,1-4H3;3*1H/q+1;;;. The lowest BCUT2D eigenvalue weighted by atomic mass is 10.0. The fraction of sp³-hybridized carbons (Fsp3) is 1.00. The maximum absolute atomic E-state index is 5.33. The zero-order valence-electron chi connectivity index (χ0n) is 10.1. The Hall–Kier alpha value is -0.290. The first-order chi connectivity index (χ1) is 5.52. The maximum atomic E-state index is 5.33. The first-order valence-corrected chi connectivity index (χ1v) is 4.87. The van der Waals surface area contributed by atoms with Crippen LogP contribution in [-0.4, -0.2) is 37.0 Å². The second-order valence-corrected chi connectivity index (χ2v) is 4.89. The van der Waals surface area contributed by atoms with Gasteiger partial charge in [-0.25, -0.2) is 0 Å². The first-order valence-electron chi connectivity index (χ1n) is 4.87. The predicted molar refractivity (Wildman–Crippen MR) is 58.4 cm³/mol. The van der Waals surface area contributed by atoms with E-state index in [-0.39, 0.29) is 14.1 Å². The van der Waals surface area contributed by atoms with E-state index in [0.717, 1.165) is 11.2 Å². The number of rotatable bonds is 2. The summed E-state index contributed by atoms with van der Waals surface area (Å²) in [5, 5.41) is 0. The van der Waals surface area contributed by atoms with Crippen molar-refractivity contribution in [1.29, 1.82) is 0 Å². The lowest BCUT2D eigenvalue weighted by Crippen LogP contribution is -2.59. The quantitative estimate of drug-likeness (QED) is 0.665. The average molecular weight is 232 g/mol. The van der Waals surface area contributed by atoms with Crippen molar-refractivity contribution in [2.75, 3.05) is 26.9 Å². The zero-order chi connectivity index (χ0) is 9.24. The minimum Gasteiger partial charge on any atom is -0.335 e. The Bertz CT molecular complexity index is 153. The van der Waals surface area contributed by atoms with Crippen LogP contribution in [0.2, 0.25) is 0 Å². The molecule has 0 aromatic carbocycles. The van der Waals surface area contributed by atoms with E-state index < -0.39 is 0 Å². The molecule has 0 bridgehead atoms. The minimum atomic E-state index is 0. The first kappa shape index (κ1) is 20.2. The van der Waals surface area contributed by atoms with Crippen LogP contribution >= 0.6 is 0 Å². The van der Waals surface area contributed by atoms with Gasteiger partial charge in [-0.2, -0.15) is 0 Å². The smallest absolute Gasteiger partial charge is 0.183 e. The summed E-state index contributed by atoms with van der Waals surface area (Å²) in [6.45, 7) is 10.4. The fourth-order valence-electron chi connectivity index (χ4n) is 2.18. The molecule has 1 aliphatic heterocycles. The lowest BCUT2D eigenvalue weighted by molar-refractivity contribution is -0.976. The van der Waals surface area contributed by atoms with Crippen molar-refractivity contribution < 1.29 is 23.3 Å². The van der Waals surface area contributed by atoms with Crippen LogP contribution in [-0.2, 0) is 4.74 Å². The summed E-state index contributed by atoms with van der Waals surface area (Å²) in [5.41, 5.74) is 0.340. The van der Waals surface area contributed by atoms with Crippen LogP contribution in [0.1, 0.15) is 33.6 Å². The Morgan fingerprint density at radius 1 is 1.00 bits per heavy atom. The zero-order valence-corrected chi connectivity index (χ0v) is 10.1. The number of hydrogen-bond acceptors (Lipinski definition) is 1. The molecule has 0 aromatic rings. The molecule has 0 atom stereocenters. The molecule has 1 heterocycles. The molecule has 0 aliphatic carbocycles. The van der Waals surface area contributed by atoms with Gasteiger partial charge in [-0.1, -0.05) is 0 Å². The highest BCUT2D eigenvalue weighted by molar-refractivity contribution is 4.67. The predicted octanol–water partition coefficient (Wildman–Crippen LogP) is 2.46. The van der Waals surface area contributed by atoms with Gasteiger partial charge in [0.2, 0.25) is 0 Å². The summed E-state index contributed by atoms with van der Waals surface area (Å²) in [6, 6.07) is 0. The van der Waals surface area contributed by atoms with Gasteiger partial charge in [-0.05, 0) is 20.8 Å². The van der Waals surface area contributed by atoms with E-state index in [1.54, 1.807) is 0 Å². The number of likely N-dealkylation sites (tertiary alicyclic amines) is 1. The maximum Gasteiger partial charge on any atom is 0.183 e. The summed E-state index contributed by atoms with van der Waals surface area (Å²) in [5.74, 6) is 0. The van der Waals surface area contributed by atoms with Gasteiger partial charge in [0.05, 0.1) is 18.6 Å². The van der Waals surface area contributed by atoms with Crippen LogP contribution in [0.15, 0.2) is 0 Å². The Balaban J connectivity index is -0.000000480. The van der Waals surface area contributed by atoms with Crippen LogP contribution in [0.5, 0.6) is 0 Å². The second-order valence-electron chi connectivity index (χ2n) is 4.89. The number of hydrogen-bond donors (Lipinski definition) is 0. The van der Waals surface area contributed by atoms with Crippen LogP contribution in [0.4, 0.5) is 14.1 Å². The molecule has 1 aliphatic rings. The van der Waals surface area contributed by atoms with Gasteiger partial charge in [-0.3, -0.25) is 18.6 Å². The molecule has 2 nitrogen and oxygen atoms in total. The third kappa shape index (κ3) is 3.99. The Kier molecular flexibility index (Phi) is 9.49. The molecule has 0 N–H and O–H groups in total. The van der Waals surface area contributed by atoms with Gasteiger partial charge in [0.1, 0.15) is 0 Å². The lowest BCUT2D eigenvalue weighted by Gasteiger charge is -2.44. The number of methoxy groups -OCH3 is 1. The molecule has 0 aromatic heterocycles. The van der Waals surface area contributed by atoms with Gasteiger partial charge in [0.15, 0.2) is 6.73 Å². The third-order valence-electron chi connectivity index (χ3n) is 3.22. The molecular formula is C10H25F3NO+.